The number of fused-ring (bicyclic) bond motifs is 4. The van der Waals surface area contributed by atoms with Crippen LogP contribution in [0.25, 0.3) is 33.4 Å². The molecular formula is C55H64N9O7S+. The molecule has 5 aliphatic heterocycles. The molecule has 1 aromatic carbocycles. The molecule has 5 atom stereocenters. The highest BCUT2D eigenvalue weighted by Crippen LogP contribution is 2.47. The summed E-state index contributed by atoms with van der Waals surface area (Å²) in [7, 11) is 1.71. The molecule has 72 heavy (non-hydrogen) atoms. The SMILES string of the molecule is CCn1c(-c2cc(C#CCN3CCOCC3)cnc2[C@H](C)OC)c2c3cc(ccc31)-c1csc(n1)C(=[N+]1CCOCC1)C(NC(=O)[C@@H]1C[C@H]1c1ccccn1)C(=O)N1N[C@H](C(=O)OCC(C)(C)C2)C2CC1C2. The topological polar surface area (TPSA) is 165 Å². The van der Waals surface area contributed by atoms with Gasteiger partial charge in [-0.3, -0.25) is 34.3 Å². The van der Waals surface area contributed by atoms with Gasteiger partial charge in [0.15, 0.2) is 24.1 Å². The normalized spacial score (nSPS) is 25.7. The number of aromatic nitrogens is 4. The molecule has 9 heterocycles. The van der Waals surface area contributed by atoms with E-state index in [1.54, 1.807) is 18.3 Å². The minimum Gasteiger partial charge on any atom is -0.464 e. The molecule has 4 saturated heterocycles. The number of hydrogen-bond acceptors (Lipinski definition) is 13. The van der Waals surface area contributed by atoms with Crippen LogP contribution in [-0.4, -0.2) is 148 Å². The number of pyridine rings is 2. The predicted molar refractivity (Wildman–Crippen MR) is 272 cm³/mol. The second kappa shape index (κ2) is 20.2. The summed E-state index contributed by atoms with van der Waals surface area (Å²) in [5.74, 6) is 5.51. The molecule has 17 heteroatoms. The van der Waals surface area contributed by atoms with Crippen molar-refractivity contribution in [1.82, 2.24) is 40.2 Å². The molecule has 8 bridgehead atoms. The summed E-state index contributed by atoms with van der Waals surface area (Å²) >= 11 is 1.46. The fraction of sp³-hybridized carbons (Fsp3) is 0.509. The Labute approximate surface area is 424 Å². The van der Waals surface area contributed by atoms with Crippen LogP contribution in [0.4, 0.5) is 0 Å². The van der Waals surface area contributed by atoms with Crippen molar-refractivity contribution in [2.24, 2.45) is 17.3 Å². The first-order valence-corrected chi connectivity index (χ1v) is 26.5. The molecule has 2 amide bonds. The zero-order valence-electron chi connectivity index (χ0n) is 41.8. The summed E-state index contributed by atoms with van der Waals surface area (Å²) in [4.78, 5) is 61.6. The lowest BCUT2D eigenvalue weighted by Gasteiger charge is -2.53. The van der Waals surface area contributed by atoms with Crippen LogP contribution >= 0.6 is 11.3 Å². The highest BCUT2D eigenvalue weighted by molar-refractivity contribution is 7.12. The van der Waals surface area contributed by atoms with Gasteiger partial charge in [0, 0.05) is 101 Å². The van der Waals surface area contributed by atoms with Crippen LogP contribution in [0.15, 0.2) is 60.2 Å². The van der Waals surface area contributed by atoms with Crippen molar-refractivity contribution in [3.8, 4) is 34.4 Å². The third-order valence-corrected chi connectivity index (χ3v) is 16.3. The molecule has 2 N–H and O–H groups in total. The van der Waals surface area contributed by atoms with Gasteiger partial charge in [0.05, 0.1) is 49.6 Å². The van der Waals surface area contributed by atoms with E-state index in [1.807, 2.05) is 36.7 Å². The van der Waals surface area contributed by atoms with Gasteiger partial charge in [-0.05, 0) is 81.3 Å². The molecule has 12 rings (SSSR count). The van der Waals surface area contributed by atoms with Gasteiger partial charge in [-0.2, -0.15) is 0 Å². The zero-order chi connectivity index (χ0) is 49.7. The van der Waals surface area contributed by atoms with Crippen molar-refractivity contribution in [1.29, 1.82) is 0 Å². The maximum Gasteiger partial charge on any atom is 0.325 e. The number of morpholine rings is 2. The Morgan fingerprint density at radius 1 is 1.06 bits per heavy atom. The van der Waals surface area contributed by atoms with Gasteiger partial charge in [-0.1, -0.05) is 37.8 Å². The Bertz CT molecular complexity index is 2970. The van der Waals surface area contributed by atoms with E-state index in [4.69, 9.17) is 28.9 Å². The van der Waals surface area contributed by atoms with Crippen molar-refractivity contribution in [3.63, 3.8) is 0 Å². The summed E-state index contributed by atoms with van der Waals surface area (Å²) in [6.07, 6.45) is 5.76. The number of ether oxygens (including phenoxy) is 4. The van der Waals surface area contributed by atoms with Crippen LogP contribution in [0.1, 0.15) is 86.5 Å². The molecule has 1 unspecified atom stereocenters. The zero-order valence-corrected chi connectivity index (χ0v) is 42.6. The highest BCUT2D eigenvalue weighted by atomic mass is 32.1. The van der Waals surface area contributed by atoms with Gasteiger partial charge in [-0.15, -0.1) is 11.3 Å². The first-order chi connectivity index (χ1) is 35.0. The molecule has 0 radical (unpaired) electrons. The van der Waals surface area contributed by atoms with Gasteiger partial charge >= 0.3 is 5.97 Å². The second-order valence-corrected chi connectivity index (χ2v) is 21.7. The fourth-order valence-corrected chi connectivity index (χ4v) is 12.2. The van der Waals surface area contributed by atoms with Gasteiger partial charge in [0.2, 0.25) is 11.6 Å². The summed E-state index contributed by atoms with van der Waals surface area (Å²) in [6, 6.07) is 12.4. The minimum atomic E-state index is -1.11. The summed E-state index contributed by atoms with van der Waals surface area (Å²) in [6.45, 7) is 15.0. The Morgan fingerprint density at radius 3 is 2.62 bits per heavy atom. The number of hydrogen-bond donors (Lipinski definition) is 2. The molecule has 0 spiro atoms. The van der Waals surface area contributed by atoms with Crippen molar-refractivity contribution >= 4 is 45.7 Å². The molecule has 4 aromatic heterocycles. The van der Waals surface area contributed by atoms with E-state index in [0.29, 0.717) is 89.0 Å². The Hall–Kier alpha value is -5.87. The number of nitrogens with zero attached hydrogens (tertiary/aromatic N) is 7. The fourth-order valence-electron chi connectivity index (χ4n) is 11.2. The van der Waals surface area contributed by atoms with E-state index in [9.17, 15) is 9.59 Å². The van der Waals surface area contributed by atoms with Crippen molar-refractivity contribution in [2.45, 2.75) is 90.1 Å². The lowest BCUT2D eigenvalue weighted by molar-refractivity contribution is -0.550. The average Bonchev–Trinajstić information content (AvgIpc) is 3.97. The summed E-state index contributed by atoms with van der Waals surface area (Å²) in [5.41, 5.74) is 11.7. The van der Waals surface area contributed by atoms with Crippen molar-refractivity contribution in [3.05, 3.63) is 87.8 Å². The number of carbonyl (C=O) groups excluding carboxylic acids is 3. The first-order valence-electron chi connectivity index (χ1n) is 25.6. The van der Waals surface area contributed by atoms with Crippen LogP contribution in [0.3, 0.4) is 0 Å². The maximum absolute atomic E-state index is 15.4. The molecule has 5 aromatic rings. The standard InChI is InChI=1S/C55H63N9O7S/c1-6-63-45-13-12-35-27-39(45)42(49(63)41-24-34(30-57-46(41)33(2)68-5)10-9-15-61-16-20-69-21-17-61)29-55(3,4)32-71-54(67)47-36-25-37(26-36)64(60-47)53(66)48(59-51(65)40-28-38(40)43-11-7-8-14-56-43)50(52-58-44(35)31-72-52)62-18-22-70-23-19-62/h7-8,11-14,24,27,30-31,33,36-38,40,47-48,60H,6,15-23,25-26,28-29,32H2,1-5H3/p+1/t33-,36?,37?,38+,40+,47-,48?/m0/s1. The van der Waals surface area contributed by atoms with E-state index in [1.165, 1.54) is 11.3 Å². The number of nitrogens with one attached hydrogen (secondary N) is 2. The number of hydrazine groups is 1. The Balaban J connectivity index is 1.05. The number of aryl methyl sites for hydroxylation is 1. The van der Waals surface area contributed by atoms with Crippen LogP contribution in [0, 0.1) is 29.1 Å². The number of esters is 1. The largest absolute Gasteiger partial charge is 0.464 e. The van der Waals surface area contributed by atoms with E-state index >= 15 is 4.79 Å². The van der Waals surface area contributed by atoms with Gasteiger partial charge < -0.3 is 28.8 Å². The number of benzene rings is 1. The molecule has 2 aliphatic carbocycles. The van der Waals surface area contributed by atoms with Gasteiger partial charge in [0.25, 0.3) is 5.91 Å². The number of amides is 2. The Morgan fingerprint density at radius 2 is 1.86 bits per heavy atom. The van der Waals surface area contributed by atoms with E-state index < -0.39 is 23.5 Å². The van der Waals surface area contributed by atoms with Crippen LogP contribution < -0.4 is 10.7 Å². The van der Waals surface area contributed by atoms with Crippen LogP contribution in [-0.2, 0) is 46.3 Å². The van der Waals surface area contributed by atoms with Crippen molar-refractivity contribution in [2.75, 3.05) is 72.9 Å². The van der Waals surface area contributed by atoms with E-state index in [-0.39, 0.29) is 48.3 Å². The van der Waals surface area contributed by atoms with Crippen molar-refractivity contribution < 1.29 is 37.9 Å². The third-order valence-electron chi connectivity index (χ3n) is 15.4. The monoisotopic (exact) mass is 994 g/mol. The second-order valence-electron chi connectivity index (χ2n) is 20.8. The van der Waals surface area contributed by atoms with Gasteiger partial charge in [0.1, 0.15) is 19.3 Å². The molecule has 376 valence electrons. The average molecular weight is 995 g/mol. The Kier molecular flexibility index (Phi) is 13.6. The smallest absolute Gasteiger partial charge is 0.325 e. The highest BCUT2D eigenvalue weighted by Gasteiger charge is 2.54. The van der Waals surface area contributed by atoms with Crippen LogP contribution in [0.5, 0.6) is 0 Å². The number of carbonyl (C=O) groups is 3. The number of methoxy groups -OCH3 is 1. The molecular weight excluding hydrogens is 931 g/mol. The number of thiazole rings is 1. The van der Waals surface area contributed by atoms with E-state index in [0.717, 1.165) is 69.0 Å². The van der Waals surface area contributed by atoms with Crippen LogP contribution in [0.2, 0.25) is 0 Å². The molecule has 16 nitrogen and oxygen atoms in total. The minimum absolute atomic E-state index is 0.00796. The predicted octanol–water partition coefficient (Wildman–Crippen LogP) is 5.37. The number of rotatable bonds is 8. The van der Waals surface area contributed by atoms with Gasteiger partial charge in [-0.25, -0.2) is 15.0 Å². The molecule has 2 saturated carbocycles. The lowest BCUT2D eigenvalue weighted by atomic mass is 9.73. The van der Waals surface area contributed by atoms with E-state index in [2.05, 4.69) is 86.6 Å². The first kappa shape index (κ1) is 48.4. The quantitative estimate of drug-likeness (QED) is 0.116. The molecule has 6 fully saturated rings. The molecule has 7 aliphatic rings. The number of cyclic esters (lactones) is 1. The third kappa shape index (κ3) is 9.49. The lowest BCUT2D eigenvalue weighted by Crippen LogP contribution is -2.72. The maximum atomic E-state index is 15.4. The summed E-state index contributed by atoms with van der Waals surface area (Å²) in [5, 5.41) is 8.60. The summed E-state index contributed by atoms with van der Waals surface area (Å²) < 4.78 is 28.2.